The number of methoxy groups -OCH3 is 1. The molecule has 2 N–H and O–H groups in total. The van der Waals surface area contributed by atoms with E-state index in [0.29, 0.717) is 19.6 Å². The Morgan fingerprint density at radius 2 is 2.35 bits per heavy atom. The molecule has 0 amide bonds. The second kappa shape index (κ2) is 5.89. The number of hydrogen-bond donors (Lipinski definition) is 1. The van der Waals surface area contributed by atoms with Crippen LogP contribution in [-0.2, 0) is 16.1 Å². The van der Waals surface area contributed by atoms with Crippen LogP contribution in [0.2, 0.25) is 0 Å². The van der Waals surface area contributed by atoms with Crippen molar-refractivity contribution in [2.45, 2.75) is 18.9 Å². The Kier molecular flexibility index (Phi) is 4.78. The van der Waals surface area contributed by atoms with Crippen LogP contribution in [0.4, 0.5) is 0 Å². The lowest BCUT2D eigenvalue weighted by atomic mass is 9.92. The van der Waals surface area contributed by atoms with Crippen LogP contribution in [0, 0.1) is 0 Å². The first-order valence-electron chi connectivity index (χ1n) is 5.29. The summed E-state index contributed by atoms with van der Waals surface area (Å²) in [6, 6.07) is 5.71. The zero-order chi connectivity index (χ0) is 11.5. The van der Waals surface area contributed by atoms with Gasteiger partial charge in [0.15, 0.2) is 0 Å². The van der Waals surface area contributed by atoms with E-state index in [1.54, 1.807) is 0 Å². The smallest absolute Gasteiger partial charge is 0.313 e. The highest BCUT2D eigenvalue weighted by atomic mass is 35.5. The van der Waals surface area contributed by atoms with E-state index in [1.165, 1.54) is 7.11 Å². The summed E-state index contributed by atoms with van der Waals surface area (Å²) >= 11 is 0. The summed E-state index contributed by atoms with van der Waals surface area (Å²) in [6.07, 6.45) is 0.660. The van der Waals surface area contributed by atoms with E-state index in [4.69, 9.17) is 15.2 Å². The maximum Gasteiger partial charge on any atom is 0.313 e. The Morgan fingerprint density at radius 3 is 3.00 bits per heavy atom. The zero-order valence-corrected chi connectivity index (χ0v) is 10.5. The van der Waals surface area contributed by atoms with Gasteiger partial charge in [0.2, 0.25) is 0 Å². The van der Waals surface area contributed by atoms with Crippen molar-refractivity contribution in [3.63, 3.8) is 0 Å². The topological polar surface area (TPSA) is 61.5 Å². The molecule has 1 aromatic carbocycles. The molecule has 1 aliphatic heterocycles. The standard InChI is InChI=1S/C12H15NO3.ClH/c1-15-12(14)9-4-5-16-11-3-2-8(7-13)6-10(9)11;/h2-3,6,9H,4-5,7,13H2,1H3;1H/t9-;/m0./s1. The second-order valence-electron chi connectivity index (χ2n) is 3.79. The van der Waals surface area contributed by atoms with E-state index in [2.05, 4.69) is 0 Å². The van der Waals surface area contributed by atoms with Gasteiger partial charge in [0.05, 0.1) is 19.6 Å². The van der Waals surface area contributed by atoms with Gasteiger partial charge in [-0.2, -0.15) is 0 Å². The Hall–Kier alpha value is -1.26. The normalized spacial score (nSPS) is 17.4. The number of hydrogen-bond acceptors (Lipinski definition) is 4. The maximum atomic E-state index is 11.6. The lowest BCUT2D eigenvalue weighted by Crippen LogP contribution is -2.22. The highest BCUT2D eigenvalue weighted by Gasteiger charge is 2.28. The second-order valence-corrected chi connectivity index (χ2v) is 3.79. The Balaban J connectivity index is 0.00000144. The van der Waals surface area contributed by atoms with Gasteiger partial charge < -0.3 is 15.2 Å². The molecule has 1 aliphatic rings. The van der Waals surface area contributed by atoms with Crippen molar-refractivity contribution in [2.75, 3.05) is 13.7 Å². The van der Waals surface area contributed by atoms with Crippen molar-refractivity contribution in [1.82, 2.24) is 0 Å². The van der Waals surface area contributed by atoms with E-state index in [9.17, 15) is 4.79 Å². The van der Waals surface area contributed by atoms with Crippen molar-refractivity contribution in [3.8, 4) is 5.75 Å². The van der Waals surface area contributed by atoms with Crippen LogP contribution < -0.4 is 10.5 Å². The summed E-state index contributed by atoms with van der Waals surface area (Å²) in [7, 11) is 1.41. The van der Waals surface area contributed by atoms with Crippen LogP contribution in [-0.4, -0.2) is 19.7 Å². The molecule has 0 fully saturated rings. The first kappa shape index (κ1) is 13.8. The average molecular weight is 258 g/mol. The molecule has 2 rings (SSSR count). The number of benzene rings is 1. The molecule has 0 radical (unpaired) electrons. The molecular formula is C12H16ClNO3. The number of esters is 1. The van der Waals surface area contributed by atoms with Crippen molar-refractivity contribution in [2.24, 2.45) is 5.73 Å². The minimum absolute atomic E-state index is 0. The Bertz CT molecular complexity index is 409. The molecule has 1 heterocycles. The summed E-state index contributed by atoms with van der Waals surface area (Å²) in [5.41, 5.74) is 7.47. The molecule has 1 atom stereocenters. The van der Waals surface area contributed by atoms with Gasteiger partial charge in [0.1, 0.15) is 5.75 Å². The van der Waals surface area contributed by atoms with Crippen LogP contribution >= 0.6 is 12.4 Å². The molecule has 0 saturated heterocycles. The van der Waals surface area contributed by atoms with Crippen molar-refractivity contribution < 1.29 is 14.3 Å². The molecule has 0 saturated carbocycles. The third-order valence-corrected chi connectivity index (χ3v) is 2.84. The van der Waals surface area contributed by atoms with Crippen molar-refractivity contribution in [1.29, 1.82) is 0 Å². The Labute approximate surface area is 106 Å². The number of carbonyl (C=O) groups excluding carboxylic acids is 1. The number of rotatable bonds is 2. The first-order chi connectivity index (χ1) is 7.76. The lowest BCUT2D eigenvalue weighted by molar-refractivity contribution is -0.143. The first-order valence-corrected chi connectivity index (χ1v) is 5.29. The van der Waals surface area contributed by atoms with Gasteiger partial charge in [0, 0.05) is 12.1 Å². The van der Waals surface area contributed by atoms with E-state index in [1.807, 2.05) is 18.2 Å². The molecular weight excluding hydrogens is 242 g/mol. The zero-order valence-electron chi connectivity index (χ0n) is 9.64. The van der Waals surface area contributed by atoms with Crippen LogP contribution in [0.3, 0.4) is 0 Å². The fraction of sp³-hybridized carbons (Fsp3) is 0.417. The van der Waals surface area contributed by atoms with Gasteiger partial charge in [-0.1, -0.05) is 6.07 Å². The maximum absolute atomic E-state index is 11.6. The number of halogens is 1. The third-order valence-electron chi connectivity index (χ3n) is 2.84. The van der Waals surface area contributed by atoms with Gasteiger partial charge in [-0.05, 0) is 24.1 Å². The molecule has 1 aromatic rings. The molecule has 5 heteroatoms. The molecule has 0 aromatic heterocycles. The molecule has 0 bridgehead atoms. The highest BCUT2D eigenvalue weighted by Crippen LogP contribution is 2.34. The Morgan fingerprint density at radius 1 is 1.59 bits per heavy atom. The highest BCUT2D eigenvalue weighted by molar-refractivity contribution is 5.85. The van der Waals surface area contributed by atoms with Crippen LogP contribution in [0.5, 0.6) is 5.75 Å². The minimum atomic E-state index is -0.222. The largest absolute Gasteiger partial charge is 0.493 e. The van der Waals surface area contributed by atoms with Crippen molar-refractivity contribution in [3.05, 3.63) is 29.3 Å². The molecule has 17 heavy (non-hydrogen) atoms. The predicted molar refractivity (Wildman–Crippen MR) is 66.5 cm³/mol. The fourth-order valence-corrected chi connectivity index (χ4v) is 1.96. The van der Waals surface area contributed by atoms with Crippen LogP contribution in [0.25, 0.3) is 0 Å². The number of carbonyl (C=O) groups is 1. The van der Waals surface area contributed by atoms with Gasteiger partial charge in [-0.25, -0.2) is 0 Å². The van der Waals surface area contributed by atoms with Gasteiger partial charge in [-0.15, -0.1) is 12.4 Å². The van der Waals surface area contributed by atoms with E-state index < -0.39 is 0 Å². The summed E-state index contributed by atoms with van der Waals surface area (Å²) in [5.74, 6) is 0.331. The third kappa shape index (κ3) is 2.70. The van der Waals surface area contributed by atoms with E-state index in [-0.39, 0.29) is 24.3 Å². The number of ether oxygens (including phenoxy) is 2. The number of fused-ring (bicyclic) bond motifs is 1. The minimum Gasteiger partial charge on any atom is -0.493 e. The average Bonchev–Trinajstić information content (AvgIpc) is 2.36. The SMILES string of the molecule is COC(=O)[C@H]1CCOc2ccc(CN)cc21.Cl. The van der Waals surface area contributed by atoms with Crippen LogP contribution in [0.15, 0.2) is 18.2 Å². The predicted octanol–water partition coefficient (Wildman–Crippen LogP) is 1.61. The summed E-state index contributed by atoms with van der Waals surface area (Å²) in [6.45, 7) is 1.01. The van der Waals surface area contributed by atoms with Gasteiger partial charge in [-0.3, -0.25) is 4.79 Å². The van der Waals surface area contributed by atoms with E-state index >= 15 is 0 Å². The summed E-state index contributed by atoms with van der Waals surface area (Å²) in [5, 5.41) is 0. The molecule has 94 valence electrons. The van der Waals surface area contributed by atoms with E-state index in [0.717, 1.165) is 16.9 Å². The quantitative estimate of drug-likeness (QED) is 0.818. The monoisotopic (exact) mass is 257 g/mol. The fourth-order valence-electron chi connectivity index (χ4n) is 1.96. The summed E-state index contributed by atoms with van der Waals surface area (Å²) < 4.78 is 10.3. The summed E-state index contributed by atoms with van der Waals surface area (Å²) in [4.78, 5) is 11.6. The molecule has 4 nitrogen and oxygen atoms in total. The lowest BCUT2D eigenvalue weighted by Gasteiger charge is -2.24. The molecule has 0 unspecified atom stereocenters. The molecule has 0 spiro atoms. The number of nitrogens with two attached hydrogens (primary N) is 1. The van der Waals surface area contributed by atoms with Gasteiger partial charge >= 0.3 is 5.97 Å². The van der Waals surface area contributed by atoms with Gasteiger partial charge in [0.25, 0.3) is 0 Å². The van der Waals surface area contributed by atoms with Crippen molar-refractivity contribution >= 4 is 18.4 Å². The van der Waals surface area contributed by atoms with Crippen LogP contribution in [0.1, 0.15) is 23.5 Å². The molecule has 0 aliphatic carbocycles.